The van der Waals surface area contributed by atoms with Crippen LogP contribution >= 0.6 is 0 Å². The van der Waals surface area contributed by atoms with E-state index < -0.39 is 12.5 Å². The second kappa shape index (κ2) is 6.58. The van der Waals surface area contributed by atoms with Crippen molar-refractivity contribution < 1.29 is 14.7 Å². The number of aromatic nitrogens is 3. The van der Waals surface area contributed by atoms with Crippen LogP contribution in [0.2, 0.25) is 0 Å². The van der Waals surface area contributed by atoms with Crippen LogP contribution in [-0.2, 0) is 29.8 Å². The number of carboxylic acid groups (broad SMARTS) is 1. The number of nitrogens with zero attached hydrogens (tertiary/aromatic N) is 4. The lowest BCUT2D eigenvalue weighted by Gasteiger charge is -2.16. The van der Waals surface area contributed by atoms with Crippen molar-refractivity contribution in [3.8, 4) is 0 Å². The van der Waals surface area contributed by atoms with Gasteiger partial charge in [-0.3, -0.25) is 14.4 Å². The number of carboxylic acids is 1. The first kappa shape index (κ1) is 18.9. The van der Waals surface area contributed by atoms with E-state index in [-0.39, 0.29) is 34.7 Å². The summed E-state index contributed by atoms with van der Waals surface area (Å²) in [5, 5.41) is 13.9. The molecule has 29 heavy (non-hydrogen) atoms. The number of benzene rings is 1. The van der Waals surface area contributed by atoms with Crippen LogP contribution in [-0.4, -0.2) is 36.1 Å². The highest BCUT2D eigenvalue weighted by molar-refractivity contribution is 5.97. The molecule has 8 nitrogen and oxygen atoms in total. The SMILES string of the molecule is CC(C)(C)c1cc2n(CC(=O)O)c3c(c(=O)n2n1)CN(Cc1ccccc1)C3=O. The molecule has 0 unspecified atom stereocenters. The van der Waals surface area contributed by atoms with Crippen LogP contribution in [0, 0.1) is 0 Å². The Morgan fingerprint density at radius 1 is 1.17 bits per heavy atom. The Bertz CT molecular complexity index is 1190. The minimum atomic E-state index is -1.09. The molecule has 4 rings (SSSR count). The molecule has 1 aromatic carbocycles. The Kier molecular flexibility index (Phi) is 4.29. The van der Waals surface area contributed by atoms with E-state index in [1.807, 2.05) is 51.1 Å². The third-order valence-electron chi connectivity index (χ3n) is 5.09. The molecule has 1 aliphatic heterocycles. The number of aliphatic carboxylic acids is 1. The molecule has 1 N–H and O–H groups in total. The van der Waals surface area contributed by atoms with Crippen LogP contribution in [0.5, 0.6) is 0 Å². The fourth-order valence-corrected chi connectivity index (χ4v) is 3.61. The molecule has 0 fully saturated rings. The van der Waals surface area contributed by atoms with Crippen molar-refractivity contribution in [1.29, 1.82) is 0 Å². The van der Waals surface area contributed by atoms with Gasteiger partial charge in [-0.2, -0.15) is 9.61 Å². The van der Waals surface area contributed by atoms with Gasteiger partial charge in [0.15, 0.2) is 0 Å². The van der Waals surface area contributed by atoms with Gasteiger partial charge in [-0.25, -0.2) is 0 Å². The van der Waals surface area contributed by atoms with Gasteiger partial charge in [-0.1, -0.05) is 51.1 Å². The summed E-state index contributed by atoms with van der Waals surface area (Å²) in [4.78, 5) is 39.3. The largest absolute Gasteiger partial charge is 0.480 e. The minimum Gasteiger partial charge on any atom is -0.480 e. The number of carbonyl (C=O) groups excluding carboxylic acids is 1. The summed E-state index contributed by atoms with van der Waals surface area (Å²) in [6.07, 6.45) is 0. The predicted molar refractivity (Wildman–Crippen MR) is 106 cm³/mol. The second-order valence-electron chi connectivity index (χ2n) is 8.31. The summed E-state index contributed by atoms with van der Waals surface area (Å²) in [6, 6.07) is 11.2. The van der Waals surface area contributed by atoms with E-state index in [0.717, 1.165) is 5.56 Å². The summed E-state index contributed by atoms with van der Waals surface area (Å²) in [5.74, 6) is -1.44. The molecule has 0 radical (unpaired) electrons. The summed E-state index contributed by atoms with van der Waals surface area (Å²) in [6.45, 7) is 5.93. The van der Waals surface area contributed by atoms with Gasteiger partial charge in [0.05, 0.1) is 17.8 Å². The maximum atomic E-state index is 13.1. The zero-order valence-electron chi connectivity index (χ0n) is 16.5. The lowest BCUT2D eigenvalue weighted by molar-refractivity contribution is -0.137. The Morgan fingerprint density at radius 3 is 2.48 bits per heavy atom. The van der Waals surface area contributed by atoms with Gasteiger partial charge in [0.1, 0.15) is 17.9 Å². The maximum absolute atomic E-state index is 13.1. The van der Waals surface area contributed by atoms with Crippen molar-refractivity contribution >= 4 is 17.5 Å². The Labute approximate surface area is 167 Å². The molecule has 1 amide bonds. The molecule has 0 aliphatic carbocycles. The van der Waals surface area contributed by atoms with Gasteiger partial charge >= 0.3 is 5.97 Å². The van der Waals surface area contributed by atoms with E-state index in [0.29, 0.717) is 17.9 Å². The number of amides is 1. The maximum Gasteiger partial charge on any atom is 0.323 e. The molecule has 0 saturated heterocycles. The first-order valence-corrected chi connectivity index (χ1v) is 9.37. The van der Waals surface area contributed by atoms with Crippen molar-refractivity contribution in [2.24, 2.45) is 0 Å². The zero-order valence-corrected chi connectivity index (χ0v) is 16.5. The van der Waals surface area contributed by atoms with Crippen molar-refractivity contribution in [3.63, 3.8) is 0 Å². The molecular formula is C21H22N4O4. The lowest BCUT2D eigenvalue weighted by atomic mass is 9.93. The molecular weight excluding hydrogens is 372 g/mol. The van der Waals surface area contributed by atoms with Crippen LogP contribution in [0.1, 0.15) is 48.1 Å². The van der Waals surface area contributed by atoms with E-state index in [1.54, 1.807) is 11.0 Å². The van der Waals surface area contributed by atoms with Gasteiger partial charge in [-0.05, 0) is 5.56 Å². The number of hydrogen-bond donors (Lipinski definition) is 1. The summed E-state index contributed by atoms with van der Waals surface area (Å²) in [5.41, 5.74) is 1.63. The van der Waals surface area contributed by atoms with Crippen LogP contribution in [0.25, 0.3) is 5.65 Å². The molecule has 0 saturated carbocycles. The normalized spacial score (nSPS) is 13.9. The van der Waals surface area contributed by atoms with Gasteiger partial charge in [0, 0.05) is 18.0 Å². The molecule has 8 heteroatoms. The van der Waals surface area contributed by atoms with Crippen molar-refractivity contribution in [1.82, 2.24) is 19.1 Å². The number of hydrogen-bond acceptors (Lipinski definition) is 4. The van der Waals surface area contributed by atoms with Crippen LogP contribution < -0.4 is 5.56 Å². The molecule has 0 bridgehead atoms. The second-order valence-corrected chi connectivity index (χ2v) is 8.31. The highest BCUT2D eigenvalue weighted by atomic mass is 16.4. The van der Waals surface area contributed by atoms with Gasteiger partial charge in [-0.15, -0.1) is 0 Å². The van der Waals surface area contributed by atoms with Gasteiger partial charge in [0.25, 0.3) is 11.5 Å². The molecule has 150 valence electrons. The summed E-state index contributed by atoms with van der Waals surface area (Å²) < 4.78 is 2.62. The van der Waals surface area contributed by atoms with Crippen LogP contribution in [0.15, 0.2) is 41.2 Å². The molecule has 2 aromatic heterocycles. The predicted octanol–water partition coefficient (Wildman–Crippen LogP) is 2.03. The number of fused-ring (bicyclic) bond motifs is 2. The monoisotopic (exact) mass is 394 g/mol. The standard InChI is InChI=1S/C21H22N4O4/c1-21(2,3)15-9-16-24(12-17(26)27)18-14(19(28)25(16)22-15)11-23(20(18)29)10-13-7-5-4-6-8-13/h4-9H,10-12H2,1-3H3,(H,26,27). The molecule has 3 heterocycles. The summed E-state index contributed by atoms with van der Waals surface area (Å²) in [7, 11) is 0. The number of carbonyl (C=O) groups is 2. The molecule has 3 aromatic rings. The van der Waals surface area contributed by atoms with E-state index in [9.17, 15) is 19.5 Å². The molecule has 1 aliphatic rings. The third-order valence-corrected chi connectivity index (χ3v) is 5.09. The lowest BCUT2D eigenvalue weighted by Crippen LogP contribution is -2.28. The Hall–Kier alpha value is -3.42. The Balaban J connectivity index is 1.88. The van der Waals surface area contributed by atoms with E-state index in [1.165, 1.54) is 9.08 Å². The highest BCUT2D eigenvalue weighted by Gasteiger charge is 2.35. The summed E-state index contributed by atoms with van der Waals surface area (Å²) >= 11 is 0. The molecule has 0 spiro atoms. The van der Waals surface area contributed by atoms with Crippen LogP contribution in [0.4, 0.5) is 0 Å². The van der Waals surface area contributed by atoms with E-state index >= 15 is 0 Å². The number of rotatable bonds is 4. The fraction of sp³-hybridized carbons (Fsp3) is 0.333. The fourth-order valence-electron chi connectivity index (χ4n) is 3.61. The minimum absolute atomic E-state index is 0.127. The third kappa shape index (κ3) is 3.20. The zero-order chi connectivity index (χ0) is 20.9. The highest BCUT2D eigenvalue weighted by Crippen LogP contribution is 2.27. The quantitative estimate of drug-likeness (QED) is 0.730. The first-order chi connectivity index (χ1) is 13.7. The average molecular weight is 394 g/mol. The van der Waals surface area contributed by atoms with Gasteiger partial charge < -0.3 is 14.6 Å². The average Bonchev–Trinajstić information content (AvgIpc) is 3.23. The topological polar surface area (TPSA) is 96.9 Å². The van der Waals surface area contributed by atoms with E-state index in [4.69, 9.17) is 0 Å². The van der Waals surface area contributed by atoms with Crippen molar-refractivity contribution in [2.45, 2.75) is 45.8 Å². The van der Waals surface area contributed by atoms with Crippen molar-refractivity contribution in [3.05, 3.63) is 69.3 Å². The smallest absolute Gasteiger partial charge is 0.323 e. The van der Waals surface area contributed by atoms with Crippen LogP contribution in [0.3, 0.4) is 0 Å². The Morgan fingerprint density at radius 2 is 1.86 bits per heavy atom. The van der Waals surface area contributed by atoms with Gasteiger partial charge in [0.2, 0.25) is 0 Å². The molecule has 0 atom stereocenters. The first-order valence-electron chi connectivity index (χ1n) is 9.37. The van der Waals surface area contributed by atoms with Crippen molar-refractivity contribution in [2.75, 3.05) is 0 Å². The van der Waals surface area contributed by atoms with E-state index in [2.05, 4.69) is 5.10 Å².